The highest BCUT2D eigenvalue weighted by Gasteiger charge is 2.40. The summed E-state index contributed by atoms with van der Waals surface area (Å²) in [5.74, 6) is -2.53. The van der Waals surface area contributed by atoms with E-state index < -0.39 is 39.7 Å². The van der Waals surface area contributed by atoms with E-state index in [2.05, 4.69) is 4.74 Å². The summed E-state index contributed by atoms with van der Waals surface area (Å²) in [6, 6.07) is 0. The molecule has 1 saturated carbocycles. The molecule has 0 aromatic rings. The monoisotopic (exact) mass is 279 g/mol. The van der Waals surface area contributed by atoms with Gasteiger partial charge in [-0.05, 0) is 12.8 Å². The van der Waals surface area contributed by atoms with Gasteiger partial charge in [-0.25, -0.2) is 13.1 Å². The Labute approximate surface area is 106 Å². The van der Waals surface area contributed by atoms with Crippen molar-refractivity contribution in [2.75, 3.05) is 13.7 Å². The van der Waals surface area contributed by atoms with Gasteiger partial charge in [-0.3, -0.25) is 9.59 Å². The molecule has 7 nitrogen and oxygen atoms in total. The second-order valence-corrected chi connectivity index (χ2v) is 6.20. The van der Waals surface area contributed by atoms with Crippen LogP contribution in [0.2, 0.25) is 0 Å². The normalized spacial score (nSPS) is 24.5. The fraction of sp³-hybridized carbons (Fsp3) is 0.800. The van der Waals surface area contributed by atoms with Crippen LogP contribution in [0.4, 0.5) is 0 Å². The fourth-order valence-corrected chi connectivity index (χ4v) is 3.85. The topological polar surface area (TPSA) is 110 Å². The van der Waals surface area contributed by atoms with Crippen LogP contribution in [0.3, 0.4) is 0 Å². The predicted octanol–water partition coefficient (Wildman–Crippen LogP) is -0.278. The van der Waals surface area contributed by atoms with E-state index in [4.69, 9.17) is 5.11 Å². The molecule has 0 saturated heterocycles. The predicted molar refractivity (Wildman–Crippen MR) is 62.3 cm³/mol. The van der Waals surface area contributed by atoms with Gasteiger partial charge in [-0.2, -0.15) is 0 Å². The lowest BCUT2D eigenvalue weighted by Gasteiger charge is -2.28. The first-order valence-corrected chi connectivity index (χ1v) is 7.21. The molecule has 2 atom stereocenters. The summed E-state index contributed by atoms with van der Waals surface area (Å²) in [4.78, 5) is 21.9. The first kappa shape index (κ1) is 14.9. The highest BCUT2D eigenvalue weighted by atomic mass is 32.2. The van der Waals surface area contributed by atoms with Crippen LogP contribution < -0.4 is 4.72 Å². The van der Waals surface area contributed by atoms with Crippen molar-refractivity contribution in [2.24, 2.45) is 5.92 Å². The summed E-state index contributed by atoms with van der Waals surface area (Å²) in [7, 11) is -2.60. The summed E-state index contributed by atoms with van der Waals surface area (Å²) in [6.07, 6.45) is 2.26. The molecule has 0 spiro atoms. The highest BCUT2D eigenvalue weighted by Crippen LogP contribution is 2.30. The summed E-state index contributed by atoms with van der Waals surface area (Å²) < 4.78 is 30.5. The molecule has 8 heteroatoms. The lowest BCUT2D eigenvalue weighted by atomic mass is 9.89. The number of hydrogen-bond donors (Lipinski definition) is 2. The molecule has 2 unspecified atom stereocenters. The van der Waals surface area contributed by atoms with E-state index in [-0.39, 0.29) is 0 Å². The second kappa shape index (κ2) is 6.14. The molecule has 0 bridgehead atoms. The Balaban J connectivity index is 2.82. The number of carbonyl (C=O) groups excluding carboxylic acids is 1. The Hall–Kier alpha value is -1.15. The third-order valence-corrected chi connectivity index (χ3v) is 4.94. The number of carboxylic acids is 1. The van der Waals surface area contributed by atoms with Crippen molar-refractivity contribution >= 4 is 22.0 Å². The molecule has 0 aliphatic heterocycles. The number of carbonyl (C=O) groups is 2. The van der Waals surface area contributed by atoms with Crippen LogP contribution in [0.25, 0.3) is 0 Å². The number of carboxylic acid groups (broad SMARTS) is 1. The van der Waals surface area contributed by atoms with Crippen LogP contribution in [0.1, 0.15) is 25.7 Å². The number of sulfonamides is 1. The number of esters is 1. The van der Waals surface area contributed by atoms with Gasteiger partial charge in [0.15, 0.2) is 0 Å². The Morgan fingerprint density at radius 1 is 1.33 bits per heavy atom. The molecule has 1 fully saturated rings. The van der Waals surface area contributed by atoms with Crippen molar-refractivity contribution in [3.8, 4) is 0 Å². The summed E-state index contributed by atoms with van der Waals surface area (Å²) in [5, 5.41) is 7.57. The first-order valence-electron chi connectivity index (χ1n) is 5.66. The molecule has 0 aromatic heterocycles. The van der Waals surface area contributed by atoms with Gasteiger partial charge in [0.05, 0.1) is 18.3 Å². The number of aliphatic carboxylic acids is 1. The number of rotatable bonds is 5. The van der Waals surface area contributed by atoms with Crippen molar-refractivity contribution < 1.29 is 27.9 Å². The molecule has 18 heavy (non-hydrogen) atoms. The average molecular weight is 279 g/mol. The highest BCUT2D eigenvalue weighted by molar-refractivity contribution is 7.90. The van der Waals surface area contributed by atoms with Gasteiger partial charge < -0.3 is 9.84 Å². The summed E-state index contributed by atoms with van der Waals surface area (Å²) in [6.45, 7) is -0.674. The molecule has 1 rings (SSSR count). The zero-order valence-electron chi connectivity index (χ0n) is 10.1. The quantitative estimate of drug-likeness (QED) is 0.670. The maximum atomic E-state index is 11.9. The maximum Gasteiger partial charge on any atom is 0.318 e. The molecular formula is C10H17NO6S. The minimum absolute atomic E-state index is 0.342. The molecule has 1 aliphatic rings. The Bertz CT molecular complexity index is 418. The second-order valence-electron chi connectivity index (χ2n) is 4.21. The lowest BCUT2D eigenvalue weighted by Crippen LogP contribution is -2.45. The fourth-order valence-electron chi connectivity index (χ4n) is 2.16. The van der Waals surface area contributed by atoms with Crippen molar-refractivity contribution in [3.63, 3.8) is 0 Å². The van der Waals surface area contributed by atoms with Gasteiger partial charge in [0, 0.05) is 0 Å². The van der Waals surface area contributed by atoms with Crippen LogP contribution in [0.5, 0.6) is 0 Å². The van der Waals surface area contributed by atoms with E-state index in [1.165, 1.54) is 7.11 Å². The maximum absolute atomic E-state index is 11.9. The van der Waals surface area contributed by atoms with E-state index in [1.807, 2.05) is 4.72 Å². The van der Waals surface area contributed by atoms with Crippen LogP contribution >= 0.6 is 0 Å². The first-order chi connectivity index (χ1) is 8.38. The van der Waals surface area contributed by atoms with Crippen LogP contribution in [-0.2, 0) is 24.3 Å². The van der Waals surface area contributed by atoms with Gasteiger partial charge >= 0.3 is 11.9 Å². The van der Waals surface area contributed by atoms with Gasteiger partial charge in [-0.1, -0.05) is 12.8 Å². The van der Waals surface area contributed by atoms with Crippen LogP contribution in [0.15, 0.2) is 0 Å². The van der Waals surface area contributed by atoms with E-state index in [9.17, 15) is 18.0 Å². The smallest absolute Gasteiger partial charge is 0.318 e. The number of nitrogens with one attached hydrogen (secondary N) is 1. The Morgan fingerprint density at radius 2 is 1.94 bits per heavy atom. The van der Waals surface area contributed by atoms with Gasteiger partial charge in [0.25, 0.3) is 0 Å². The number of ether oxygens (including phenoxy) is 1. The van der Waals surface area contributed by atoms with E-state index in [0.29, 0.717) is 19.3 Å². The zero-order valence-corrected chi connectivity index (χ0v) is 10.9. The van der Waals surface area contributed by atoms with Crippen molar-refractivity contribution in [3.05, 3.63) is 0 Å². The van der Waals surface area contributed by atoms with Crippen LogP contribution in [-0.4, -0.2) is 44.4 Å². The molecule has 0 radical (unpaired) electrons. The summed E-state index contributed by atoms with van der Waals surface area (Å²) in [5.41, 5.74) is 0. The molecule has 2 N–H and O–H groups in total. The number of hydrogen-bond acceptors (Lipinski definition) is 5. The van der Waals surface area contributed by atoms with E-state index in [0.717, 1.165) is 6.42 Å². The van der Waals surface area contributed by atoms with Crippen LogP contribution in [0, 0.1) is 5.92 Å². The largest absolute Gasteiger partial charge is 0.480 e. The van der Waals surface area contributed by atoms with Gasteiger partial charge in [-0.15, -0.1) is 0 Å². The third kappa shape index (κ3) is 3.67. The average Bonchev–Trinajstić information content (AvgIpc) is 2.35. The Kier molecular flexibility index (Phi) is 5.09. The van der Waals surface area contributed by atoms with Gasteiger partial charge in [0.1, 0.15) is 6.54 Å². The number of methoxy groups -OCH3 is 1. The molecule has 0 heterocycles. The minimum atomic E-state index is -3.81. The molecular weight excluding hydrogens is 262 g/mol. The molecule has 0 amide bonds. The molecule has 1 aliphatic carbocycles. The van der Waals surface area contributed by atoms with E-state index in [1.54, 1.807) is 0 Å². The van der Waals surface area contributed by atoms with Gasteiger partial charge in [0.2, 0.25) is 10.0 Å². The van der Waals surface area contributed by atoms with Crippen molar-refractivity contribution in [1.29, 1.82) is 0 Å². The standard InChI is InChI=1S/C10H17NO6S/c1-17-10(14)7-4-2-3-5-8(7)18(15,16)11-6-9(12)13/h7-8,11H,2-6H2,1H3,(H,12,13). The molecule has 104 valence electrons. The van der Waals surface area contributed by atoms with Crippen molar-refractivity contribution in [1.82, 2.24) is 4.72 Å². The van der Waals surface area contributed by atoms with E-state index >= 15 is 0 Å². The lowest BCUT2D eigenvalue weighted by molar-refractivity contribution is -0.146. The SMILES string of the molecule is COC(=O)C1CCCCC1S(=O)(=O)NCC(=O)O. The third-order valence-electron chi connectivity index (χ3n) is 3.03. The van der Waals surface area contributed by atoms with Crippen molar-refractivity contribution in [2.45, 2.75) is 30.9 Å². The molecule has 0 aromatic carbocycles. The zero-order chi connectivity index (χ0) is 13.8. The summed E-state index contributed by atoms with van der Waals surface area (Å²) >= 11 is 0. The Morgan fingerprint density at radius 3 is 2.50 bits per heavy atom. The minimum Gasteiger partial charge on any atom is -0.480 e.